The Morgan fingerprint density at radius 3 is 3.06 bits per heavy atom. The van der Waals surface area contributed by atoms with Gasteiger partial charge in [0, 0.05) is 25.5 Å². The van der Waals surface area contributed by atoms with E-state index in [9.17, 15) is 4.79 Å². The SMILES string of the molecule is Cn1cncc1C(=O)N1CCCCC1CCCl. The summed E-state index contributed by atoms with van der Waals surface area (Å²) in [6.07, 6.45) is 7.52. The van der Waals surface area contributed by atoms with Gasteiger partial charge in [0.05, 0.1) is 12.5 Å². The third-order valence-electron chi connectivity index (χ3n) is 3.37. The van der Waals surface area contributed by atoms with E-state index in [2.05, 4.69) is 4.98 Å². The Morgan fingerprint density at radius 2 is 2.41 bits per heavy atom. The van der Waals surface area contributed by atoms with E-state index in [4.69, 9.17) is 11.6 Å². The standard InChI is InChI=1S/C12H18ClN3O/c1-15-9-14-8-11(15)12(17)16-7-3-2-4-10(16)5-6-13/h8-10H,2-7H2,1H3. The van der Waals surface area contributed by atoms with Gasteiger partial charge in [-0.2, -0.15) is 0 Å². The third-order valence-corrected chi connectivity index (χ3v) is 3.58. The lowest BCUT2D eigenvalue weighted by Crippen LogP contribution is -2.44. The lowest BCUT2D eigenvalue weighted by Gasteiger charge is -2.35. The number of halogens is 1. The van der Waals surface area contributed by atoms with E-state index in [1.54, 1.807) is 17.1 Å². The van der Waals surface area contributed by atoms with Crippen LogP contribution < -0.4 is 0 Å². The summed E-state index contributed by atoms with van der Waals surface area (Å²) in [7, 11) is 1.85. The van der Waals surface area contributed by atoms with Crippen LogP contribution in [-0.4, -0.2) is 38.8 Å². The van der Waals surface area contributed by atoms with Gasteiger partial charge in [-0.25, -0.2) is 4.98 Å². The maximum atomic E-state index is 12.4. The number of nitrogens with zero attached hydrogens (tertiary/aromatic N) is 3. The van der Waals surface area contributed by atoms with Crippen LogP contribution >= 0.6 is 11.6 Å². The van der Waals surface area contributed by atoms with Gasteiger partial charge in [-0.1, -0.05) is 0 Å². The lowest BCUT2D eigenvalue weighted by atomic mass is 9.99. The van der Waals surface area contributed by atoms with Crippen LogP contribution in [0.3, 0.4) is 0 Å². The minimum Gasteiger partial charge on any atom is -0.334 e. The molecule has 0 radical (unpaired) electrons. The number of carbonyl (C=O) groups excluding carboxylic acids is 1. The molecule has 1 fully saturated rings. The van der Waals surface area contributed by atoms with Crippen LogP contribution in [0.5, 0.6) is 0 Å². The second-order valence-corrected chi connectivity index (χ2v) is 4.89. The number of aryl methyl sites for hydroxylation is 1. The van der Waals surface area contributed by atoms with Gasteiger partial charge >= 0.3 is 0 Å². The van der Waals surface area contributed by atoms with Crippen molar-refractivity contribution < 1.29 is 4.79 Å². The number of carbonyl (C=O) groups is 1. The Morgan fingerprint density at radius 1 is 1.59 bits per heavy atom. The van der Waals surface area contributed by atoms with E-state index in [0.29, 0.717) is 17.6 Å². The lowest BCUT2D eigenvalue weighted by molar-refractivity contribution is 0.0599. The summed E-state index contributed by atoms with van der Waals surface area (Å²) in [5, 5.41) is 0. The van der Waals surface area contributed by atoms with E-state index < -0.39 is 0 Å². The van der Waals surface area contributed by atoms with Crippen molar-refractivity contribution in [1.82, 2.24) is 14.5 Å². The summed E-state index contributed by atoms with van der Waals surface area (Å²) < 4.78 is 1.77. The first-order chi connectivity index (χ1) is 8.24. The molecule has 1 saturated heterocycles. The highest BCUT2D eigenvalue weighted by atomic mass is 35.5. The highest BCUT2D eigenvalue weighted by Gasteiger charge is 2.28. The molecular weight excluding hydrogens is 238 g/mol. The van der Waals surface area contributed by atoms with Crippen molar-refractivity contribution in [3.05, 3.63) is 18.2 Å². The molecule has 0 bridgehead atoms. The normalized spacial score (nSPS) is 20.6. The summed E-state index contributed by atoms with van der Waals surface area (Å²) in [6.45, 7) is 0.839. The van der Waals surface area contributed by atoms with Crippen molar-refractivity contribution in [3.8, 4) is 0 Å². The van der Waals surface area contributed by atoms with Crippen molar-refractivity contribution in [2.24, 2.45) is 7.05 Å². The maximum absolute atomic E-state index is 12.4. The van der Waals surface area contributed by atoms with E-state index >= 15 is 0 Å². The molecular formula is C12H18ClN3O. The van der Waals surface area contributed by atoms with E-state index in [1.807, 2.05) is 11.9 Å². The molecule has 5 heteroatoms. The topological polar surface area (TPSA) is 38.1 Å². The maximum Gasteiger partial charge on any atom is 0.272 e. The van der Waals surface area contributed by atoms with Gasteiger partial charge in [-0.05, 0) is 25.7 Å². The van der Waals surface area contributed by atoms with Crippen LogP contribution in [0.1, 0.15) is 36.2 Å². The quantitative estimate of drug-likeness (QED) is 0.776. The van der Waals surface area contributed by atoms with Gasteiger partial charge in [0.25, 0.3) is 5.91 Å². The fourth-order valence-corrected chi connectivity index (χ4v) is 2.66. The molecule has 0 saturated carbocycles. The predicted octanol–water partition coefficient (Wildman–Crippen LogP) is 2.04. The van der Waals surface area contributed by atoms with Crippen LogP contribution in [0.25, 0.3) is 0 Å². The Labute approximate surface area is 107 Å². The van der Waals surface area contributed by atoms with Crippen LogP contribution in [-0.2, 0) is 7.05 Å². The molecule has 94 valence electrons. The molecule has 1 aliphatic rings. The third kappa shape index (κ3) is 2.63. The van der Waals surface area contributed by atoms with E-state index in [1.165, 1.54) is 6.42 Å². The van der Waals surface area contributed by atoms with Crippen molar-refractivity contribution in [1.29, 1.82) is 0 Å². The molecule has 2 heterocycles. The van der Waals surface area contributed by atoms with Gasteiger partial charge in [-0.3, -0.25) is 4.79 Å². The molecule has 17 heavy (non-hydrogen) atoms. The molecule has 1 aromatic heterocycles. The average Bonchev–Trinajstić information content (AvgIpc) is 2.76. The monoisotopic (exact) mass is 255 g/mol. The molecule has 0 aromatic carbocycles. The molecule has 0 aliphatic carbocycles. The number of amides is 1. The molecule has 1 aromatic rings. The van der Waals surface area contributed by atoms with Crippen molar-refractivity contribution in [3.63, 3.8) is 0 Å². The largest absolute Gasteiger partial charge is 0.334 e. The number of aromatic nitrogens is 2. The molecule has 1 amide bonds. The molecule has 4 nitrogen and oxygen atoms in total. The number of hydrogen-bond donors (Lipinski definition) is 0. The van der Waals surface area contributed by atoms with Crippen molar-refractivity contribution in [2.75, 3.05) is 12.4 Å². The van der Waals surface area contributed by atoms with Crippen LogP contribution in [0.15, 0.2) is 12.5 Å². The Bertz CT molecular complexity index is 389. The highest BCUT2D eigenvalue weighted by molar-refractivity contribution is 6.17. The van der Waals surface area contributed by atoms with E-state index in [-0.39, 0.29) is 5.91 Å². The first-order valence-corrected chi connectivity index (χ1v) is 6.60. The summed E-state index contributed by atoms with van der Waals surface area (Å²) >= 11 is 5.81. The number of alkyl halides is 1. The first kappa shape index (κ1) is 12.4. The zero-order chi connectivity index (χ0) is 12.3. The van der Waals surface area contributed by atoms with Gasteiger partial charge in [0.15, 0.2) is 0 Å². The summed E-state index contributed by atoms with van der Waals surface area (Å²) in [5.41, 5.74) is 0.659. The van der Waals surface area contributed by atoms with Crippen LogP contribution in [0, 0.1) is 0 Å². The minimum atomic E-state index is 0.0832. The summed E-state index contributed by atoms with van der Waals surface area (Å²) in [6, 6.07) is 0.295. The fourth-order valence-electron chi connectivity index (χ4n) is 2.40. The number of hydrogen-bond acceptors (Lipinski definition) is 2. The van der Waals surface area contributed by atoms with Crippen molar-refractivity contribution >= 4 is 17.5 Å². The van der Waals surface area contributed by atoms with Crippen molar-refractivity contribution in [2.45, 2.75) is 31.7 Å². The number of likely N-dealkylation sites (tertiary alicyclic amines) is 1. The molecule has 0 N–H and O–H groups in total. The van der Waals surface area contributed by atoms with Gasteiger partial charge < -0.3 is 9.47 Å². The minimum absolute atomic E-state index is 0.0832. The van der Waals surface area contributed by atoms with Gasteiger partial charge in [0.1, 0.15) is 5.69 Å². The molecule has 1 aliphatic heterocycles. The summed E-state index contributed by atoms with van der Waals surface area (Å²) in [5.74, 6) is 0.694. The number of imidazole rings is 1. The predicted molar refractivity (Wildman–Crippen MR) is 67.2 cm³/mol. The zero-order valence-electron chi connectivity index (χ0n) is 10.1. The van der Waals surface area contributed by atoms with E-state index in [0.717, 1.165) is 25.8 Å². The van der Waals surface area contributed by atoms with Crippen LogP contribution in [0.4, 0.5) is 0 Å². The fraction of sp³-hybridized carbons (Fsp3) is 0.667. The first-order valence-electron chi connectivity index (χ1n) is 6.07. The molecule has 0 spiro atoms. The Balaban J connectivity index is 2.14. The zero-order valence-corrected chi connectivity index (χ0v) is 10.9. The highest BCUT2D eigenvalue weighted by Crippen LogP contribution is 2.22. The smallest absolute Gasteiger partial charge is 0.272 e. The van der Waals surface area contributed by atoms with Gasteiger partial charge in [0.2, 0.25) is 0 Å². The summed E-state index contributed by atoms with van der Waals surface area (Å²) in [4.78, 5) is 18.3. The molecule has 1 unspecified atom stereocenters. The number of rotatable bonds is 3. The molecule has 2 rings (SSSR count). The molecule has 1 atom stereocenters. The second kappa shape index (κ2) is 5.54. The second-order valence-electron chi connectivity index (χ2n) is 4.52. The Hall–Kier alpha value is -1.03. The average molecular weight is 256 g/mol. The number of piperidine rings is 1. The Kier molecular flexibility index (Phi) is 4.05. The van der Waals surface area contributed by atoms with Crippen LogP contribution in [0.2, 0.25) is 0 Å². The van der Waals surface area contributed by atoms with Gasteiger partial charge in [-0.15, -0.1) is 11.6 Å².